The highest BCUT2D eigenvalue weighted by Crippen LogP contribution is 2.62. The predicted molar refractivity (Wildman–Crippen MR) is 156 cm³/mol. The molecular formula is C31H28B2N6. The maximum Gasteiger partial charge on any atom is 0.386 e. The van der Waals surface area contributed by atoms with E-state index < -0.39 is 12.8 Å². The van der Waals surface area contributed by atoms with Gasteiger partial charge in [0.15, 0.2) is 5.65 Å². The van der Waals surface area contributed by atoms with Crippen molar-refractivity contribution in [1.82, 2.24) is 18.9 Å². The van der Waals surface area contributed by atoms with Gasteiger partial charge in [0.2, 0.25) is 5.65 Å². The lowest BCUT2D eigenvalue weighted by molar-refractivity contribution is -0.530. The average Bonchev–Trinajstić information content (AvgIpc) is 3.74. The van der Waals surface area contributed by atoms with Gasteiger partial charge in [-0.15, -0.1) is 24.3 Å². The number of rotatable bonds is 2. The minimum absolute atomic E-state index is 0.357. The van der Waals surface area contributed by atoms with E-state index in [-0.39, 0.29) is 0 Å². The lowest BCUT2D eigenvalue weighted by Crippen LogP contribution is -2.78. The fraction of sp³-hybridized carbons (Fsp3) is 0.194. The average molecular weight is 506 g/mol. The molecule has 1 N–H and O–H groups in total. The van der Waals surface area contributed by atoms with E-state index in [1.54, 1.807) is 0 Å². The topological polar surface area (TPSA) is 46.3 Å². The van der Waals surface area contributed by atoms with Gasteiger partial charge in [-0.25, -0.2) is 4.98 Å². The fourth-order valence-electron chi connectivity index (χ4n) is 10.1. The first-order chi connectivity index (χ1) is 19.3. The second-order valence-electron chi connectivity index (χ2n) is 12.5. The Morgan fingerprint density at radius 3 is 2.64 bits per heavy atom. The number of aromatic amines is 1. The fourth-order valence-corrected chi connectivity index (χ4v) is 10.1. The van der Waals surface area contributed by atoms with Gasteiger partial charge in [0.05, 0.1) is 17.0 Å². The van der Waals surface area contributed by atoms with Gasteiger partial charge in [0.1, 0.15) is 5.65 Å². The van der Waals surface area contributed by atoms with Crippen molar-refractivity contribution in [2.45, 2.75) is 24.3 Å². The van der Waals surface area contributed by atoms with E-state index in [4.69, 9.17) is 4.98 Å². The second-order valence-corrected chi connectivity index (χ2v) is 12.5. The monoisotopic (exact) mass is 506 g/mol. The largest absolute Gasteiger partial charge is 0.467 e. The van der Waals surface area contributed by atoms with Gasteiger partial charge in [-0.3, -0.25) is 4.98 Å². The van der Waals surface area contributed by atoms with Gasteiger partial charge >= 0.3 is 6.42 Å². The van der Waals surface area contributed by atoms with E-state index in [9.17, 15) is 0 Å². The Morgan fingerprint density at radius 2 is 1.67 bits per heavy atom. The van der Waals surface area contributed by atoms with Crippen LogP contribution in [0, 0.1) is 11.8 Å². The van der Waals surface area contributed by atoms with Crippen LogP contribution in [0.5, 0.6) is 0 Å². The summed E-state index contributed by atoms with van der Waals surface area (Å²) in [5.41, 5.74) is 3.65. The highest BCUT2D eigenvalue weighted by molar-refractivity contribution is 6.81. The van der Waals surface area contributed by atoms with Crippen molar-refractivity contribution in [1.29, 1.82) is 0 Å². The van der Waals surface area contributed by atoms with E-state index in [1.807, 2.05) is 6.20 Å². The lowest BCUT2D eigenvalue weighted by Gasteiger charge is -2.62. The molecule has 1 aliphatic carbocycles. The van der Waals surface area contributed by atoms with E-state index in [0.717, 1.165) is 18.3 Å². The van der Waals surface area contributed by atoms with E-state index in [2.05, 4.69) is 133 Å². The molecule has 6 aromatic rings. The van der Waals surface area contributed by atoms with Crippen LogP contribution < -0.4 is 8.96 Å². The molecule has 8 heteroatoms. The first-order valence-electron chi connectivity index (χ1n) is 14.4. The van der Waals surface area contributed by atoms with E-state index in [0.29, 0.717) is 23.5 Å². The Balaban J connectivity index is 1.41. The van der Waals surface area contributed by atoms with Gasteiger partial charge in [-0.05, 0) is 72.6 Å². The molecule has 0 spiro atoms. The molecule has 4 bridgehead atoms. The summed E-state index contributed by atoms with van der Waals surface area (Å²) in [5, 5.41) is 3.79. The SMILES string of the molecule is C1=C[C@H]2[C@@H]3[C@@H]4C=C[C@H]2C[B@-]4(n2ccc4cccnc42)[n+]2cccc4ccn(c42)[B@-]3([n+]2cccc3cc[nH]c32)C1. The van der Waals surface area contributed by atoms with Gasteiger partial charge in [-0.1, -0.05) is 24.3 Å². The second kappa shape index (κ2) is 6.81. The Hall–Kier alpha value is -4.32. The summed E-state index contributed by atoms with van der Waals surface area (Å²) in [6.45, 7) is 0. The highest BCUT2D eigenvalue weighted by atomic mass is 15.2. The Morgan fingerprint density at radius 1 is 0.821 bits per heavy atom. The normalized spacial score (nSPS) is 31.9. The third kappa shape index (κ3) is 2.21. The van der Waals surface area contributed by atoms with Crippen LogP contribution in [0.15, 0.2) is 116 Å². The highest BCUT2D eigenvalue weighted by Gasteiger charge is 2.66. The summed E-state index contributed by atoms with van der Waals surface area (Å²) in [7, 11) is 0. The molecule has 1 fully saturated rings. The molecule has 0 unspecified atom stereocenters. The van der Waals surface area contributed by atoms with Crippen molar-refractivity contribution >= 4 is 45.9 Å². The first kappa shape index (κ1) is 20.6. The summed E-state index contributed by atoms with van der Waals surface area (Å²) in [6, 6.07) is 20.1. The maximum absolute atomic E-state index is 4.98. The van der Waals surface area contributed by atoms with Crippen molar-refractivity contribution in [2.24, 2.45) is 11.8 Å². The molecule has 0 aromatic carbocycles. The zero-order valence-corrected chi connectivity index (χ0v) is 21.6. The number of hydrogen-bond acceptors (Lipinski definition) is 1. The van der Waals surface area contributed by atoms with Crippen LogP contribution in [0.25, 0.3) is 33.1 Å². The molecule has 10 heterocycles. The van der Waals surface area contributed by atoms with Crippen molar-refractivity contribution in [3.63, 3.8) is 0 Å². The van der Waals surface area contributed by atoms with Crippen molar-refractivity contribution in [3.05, 3.63) is 116 Å². The first-order valence-corrected chi connectivity index (χ1v) is 14.4. The zero-order chi connectivity index (χ0) is 25.3. The van der Waals surface area contributed by atoms with Gasteiger partial charge in [0.25, 0.3) is 6.42 Å². The number of nitrogens with one attached hydrogen (secondary N) is 1. The standard InChI is InChI=1S/C31H28B2N6/c1-8-26-25-9-10-27-28(26)32(14-1,36-17-3-6-22-11-16-35-29(22)36)39-20-13-24-7-4-18-38(31(24)39)33(27,21-25)37-19-12-23-5-2-15-34-30(23)37/h1-13,15-20,25-28,35H,14,21H2/t25-,26+,27-,28+,32+,33-/m0/s1. The molecule has 0 saturated carbocycles. The summed E-state index contributed by atoms with van der Waals surface area (Å²) >= 11 is 0. The summed E-state index contributed by atoms with van der Waals surface area (Å²) in [5.74, 6) is 1.78. The molecule has 6 aromatic heterocycles. The predicted octanol–water partition coefficient (Wildman–Crippen LogP) is 4.86. The van der Waals surface area contributed by atoms with Crippen molar-refractivity contribution in [3.8, 4) is 0 Å². The molecule has 6 nitrogen and oxygen atoms in total. The van der Waals surface area contributed by atoms with Gasteiger partial charge < -0.3 is 17.9 Å². The number of aromatic nitrogens is 6. The number of pyridine rings is 3. The van der Waals surface area contributed by atoms with Crippen LogP contribution in [0.2, 0.25) is 24.3 Å². The Labute approximate surface area is 225 Å². The number of hydrogen-bond donors (Lipinski definition) is 1. The number of H-pyrrole nitrogens is 1. The summed E-state index contributed by atoms with van der Waals surface area (Å²) in [6.07, 6.45) is 23.3. The third-order valence-corrected chi connectivity index (χ3v) is 11.3. The van der Waals surface area contributed by atoms with Gasteiger partial charge in [-0.2, -0.15) is 0 Å². The molecular weight excluding hydrogens is 478 g/mol. The molecule has 1 saturated heterocycles. The molecule has 0 amide bonds. The maximum atomic E-state index is 4.98. The van der Waals surface area contributed by atoms with Gasteiger partial charge in [0, 0.05) is 30.2 Å². The minimum Gasteiger partial charge on any atom is -0.467 e. The van der Waals surface area contributed by atoms with Crippen LogP contribution in [0.1, 0.15) is 0 Å². The number of fused-ring (bicyclic) bond motifs is 3. The van der Waals surface area contributed by atoms with Crippen LogP contribution >= 0.6 is 0 Å². The quantitative estimate of drug-likeness (QED) is 0.265. The number of allylic oxidation sites excluding steroid dienone is 4. The third-order valence-electron chi connectivity index (χ3n) is 11.3. The summed E-state index contributed by atoms with van der Waals surface area (Å²) < 4.78 is 10.6. The Bertz CT molecular complexity index is 2050. The van der Waals surface area contributed by atoms with Crippen LogP contribution in [0.4, 0.5) is 0 Å². The zero-order valence-electron chi connectivity index (χ0n) is 21.6. The lowest BCUT2D eigenvalue weighted by atomic mass is 9.15. The van der Waals surface area contributed by atoms with Crippen LogP contribution in [-0.2, 0) is 0 Å². The smallest absolute Gasteiger partial charge is 0.386 e. The van der Waals surface area contributed by atoms with Crippen molar-refractivity contribution in [2.75, 3.05) is 0 Å². The molecule has 188 valence electrons. The molecule has 6 atom stereocenters. The summed E-state index contributed by atoms with van der Waals surface area (Å²) in [4.78, 5) is 8.61. The molecule has 0 radical (unpaired) electrons. The van der Waals surface area contributed by atoms with E-state index >= 15 is 0 Å². The number of nitrogens with zero attached hydrogens (tertiary/aromatic N) is 5. The van der Waals surface area contributed by atoms with Crippen LogP contribution in [0.3, 0.4) is 0 Å². The Kier molecular flexibility index (Phi) is 3.60. The van der Waals surface area contributed by atoms with Crippen molar-refractivity contribution < 1.29 is 8.96 Å². The molecule has 11 rings (SSSR count). The molecule has 5 aliphatic rings. The molecule has 4 aliphatic heterocycles. The van der Waals surface area contributed by atoms with Crippen LogP contribution in [-0.4, -0.2) is 31.8 Å². The minimum atomic E-state index is -1.27. The molecule has 39 heavy (non-hydrogen) atoms. The van der Waals surface area contributed by atoms with E-state index in [1.165, 1.54) is 27.5 Å².